The van der Waals surface area contributed by atoms with Gasteiger partial charge in [0.2, 0.25) is 0 Å². The van der Waals surface area contributed by atoms with Gasteiger partial charge >= 0.3 is 0 Å². The Morgan fingerprint density at radius 2 is 2.00 bits per heavy atom. The third-order valence-corrected chi connectivity index (χ3v) is 5.19. The molecule has 0 unspecified atom stereocenters. The van der Waals surface area contributed by atoms with E-state index >= 15 is 0 Å². The van der Waals surface area contributed by atoms with Crippen LogP contribution in [0.1, 0.15) is 23.0 Å². The number of carbonyl (C=O) groups is 1. The first-order valence-corrected chi connectivity index (χ1v) is 8.93. The van der Waals surface area contributed by atoms with Crippen molar-refractivity contribution in [2.24, 2.45) is 0 Å². The van der Waals surface area contributed by atoms with Crippen molar-refractivity contribution in [2.45, 2.75) is 18.2 Å². The number of nitrogens with two attached hydrogens (primary N) is 1. The summed E-state index contributed by atoms with van der Waals surface area (Å²) in [5.74, 6) is -0.141. The molecule has 0 spiro atoms. The van der Waals surface area contributed by atoms with Gasteiger partial charge in [-0.05, 0) is 14.1 Å². The molecule has 0 radical (unpaired) electrons. The minimum absolute atomic E-state index is 0.0399. The standard InChI is InChI=1S/C12H21N3O3S2/c1-5-8(16)10-9(13)11(20(4,17)18)12(19-10)14-6-7-15(2)3/h14H,5-7,13H2,1-4H3. The fourth-order valence-corrected chi connectivity index (χ4v) is 4.28. The number of carbonyl (C=O) groups excluding carboxylic acids is 1. The Kier molecular flexibility index (Phi) is 5.55. The number of Topliss-reactive ketones (excluding diaryl/α,β-unsaturated/α-hetero) is 1. The highest BCUT2D eigenvalue weighted by Crippen LogP contribution is 2.39. The monoisotopic (exact) mass is 319 g/mol. The molecule has 0 aliphatic carbocycles. The summed E-state index contributed by atoms with van der Waals surface area (Å²) >= 11 is 1.11. The van der Waals surface area contributed by atoms with Crippen LogP contribution in [0.15, 0.2) is 4.90 Å². The molecule has 0 aliphatic heterocycles. The summed E-state index contributed by atoms with van der Waals surface area (Å²) in [7, 11) is 0.371. The molecular weight excluding hydrogens is 298 g/mol. The van der Waals surface area contributed by atoms with Gasteiger partial charge in [0.15, 0.2) is 15.6 Å². The summed E-state index contributed by atoms with van der Waals surface area (Å²) in [5, 5.41) is 3.50. The lowest BCUT2D eigenvalue weighted by atomic mass is 10.2. The zero-order chi connectivity index (χ0) is 15.5. The Morgan fingerprint density at radius 3 is 2.45 bits per heavy atom. The predicted molar refractivity (Wildman–Crippen MR) is 83.5 cm³/mol. The topological polar surface area (TPSA) is 92.5 Å². The van der Waals surface area contributed by atoms with E-state index in [1.807, 2.05) is 19.0 Å². The molecule has 0 saturated carbocycles. The third-order valence-electron chi connectivity index (χ3n) is 2.69. The van der Waals surface area contributed by atoms with Gasteiger partial charge < -0.3 is 16.0 Å². The van der Waals surface area contributed by atoms with E-state index in [9.17, 15) is 13.2 Å². The molecule has 20 heavy (non-hydrogen) atoms. The molecule has 114 valence electrons. The molecule has 0 fully saturated rings. The van der Waals surface area contributed by atoms with Crippen LogP contribution in [0.2, 0.25) is 0 Å². The lowest BCUT2D eigenvalue weighted by Crippen LogP contribution is -2.21. The molecule has 1 heterocycles. The summed E-state index contributed by atoms with van der Waals surface area (Å²) in [6, 6.07) is 0. The van der Waals surface area contributed by atoms with Gasteiger partial charge in [0.05, 0.1) is 10.6 Å². The van der Waals surface area contributed by atoms with Gasteiger partial charge in [0.25, 0.3) is 0 Å². The van der Waals surface area contributed by atoms with Gasteiger partial charge in [0.1, 0.15) is 9.90 Å². The number of hydrogen-bond acceptors (Lipinski definition) is 7. The van der Waals surface area contributed by atoms with Crippen molar-refractivity contribution in [3.05, 3.63) is 4.88 Å². The number of ketones is 1. The SMILES string of the molecule is CCC(=O)c1sc(NCCN(C)C)c(S(C)(=O)=O)c1N. The van der Waals surface area contributed by atoms with Crippen molar-refractivity contribution in [1.82, 2.24) is 4.90 Å². The van der Waals surface area contributed by atoms with Crippen LogP contribution in [-0.2, 0) is 9.84 Å². The van der Waals surface area contributed by atoms with Crippen molar-refractivity contribution >= 4 is 37.6 Å². The number of nitrogens with one attached hydrogen (secondary N) is 1. The largest absolute Gasteiger partial charge is 0.396 e. The Labute approximate surface area is 123 Å². The zero-order valence-electron chi connectivity index (χ0n) is 12.2. The fourth-order valence-electron chi connectivity index (χ4n) is 1.67. The smallest absolute Gasteiger partial charge is 0.180 e. The van der Waals surface area contributed by atoms with Crippen molar-refractivity contribution in [3.63, 3.8) is 0 Å². The van der Waals surface area contributed by atoms with Gasteiger partial charge in [-0.3, -0.25) is 4.79 Å². The lowest BCUT2D eigenvalue weighted by Gasteiger charge is -2.11. The fraction of sp³-hybridized carbons (Fsp3) is 0.583. The van der Waals surface area contributed by atoms with Crippen LogP contribution in [0.5, 0.6) is 0 Å². The first-order chi connectivity index (χ1) is 9.18. The van der Waals surface area contributed by atoms with Crippen LogP contribution in [0.25, 0.3) is 0 Å². The van der Waals surface area contributed by atoms with Gasteiger partial charge in [-0.1, -0.05) is 6.92 Å². The molecule has 0 aliphatic rings. The van der Waals surface area contributed by atoms with Crippen molar-refractivity contribution in [1.29, 1.82) is 0 Å². The van der Waals surface area contributed by atoms with Crippen molar-refractivity contribution in [2.75, 3.05) is 44.5 Å². The predicted octanol–water partition coefficient (Wildman–Crippen LogP) is 1.30. The molecular formula is C12H21N3O3S2. The maximum absolute atomic E-state index is 11.9. The van der Waals surface area contributed by atoms with Crippen molar-refractivity contribution in [3.8, 4) is 0 Å². The van der Waals surface area contributed by atoms with Crippen molar-refractivity contribution < 1.29 is 13.2 Å². The molecule has 1 aromatic rings. The van der Waals surface area contributed by atoms with E-state index < -0.39 is 9.84 Å². The second-order valence-corrected chi connectivity index (χ2v) is 7.76. The number of sulfone groups is 1. The number of anilines is 2. The van der Waals surface area contributed by atoms with Gasteiger partial charge in [-0.2, -0.15) is 0 Å². The average Bonchev–Trinajstić information content (AvgIpc) is 2.64. The molecule has 8 heteroatoms. The normalized spacial score (nSPS) is 11.8. The second kappa shape index (κ2) is 6.55. The number of nitrogens with zero attached hydrogens (tertiary/aromatic N) is 1. The summed E-state index contributed by atoms with van der Waals surface area (Å²) < 4.78 is 23.7. The molecule has 6 nitrogen and oxygen atoms in total. The Morgan fingerprint density at radius 1 is 1.40 bits per heavy atom. The summed E-state index contributed by atoms with van der Waals surface area (Å²) in [4.78, 5) is 14.1. The first kappa shape index (κ1) is 16.9. The van der Waals surface area contributed by atoms with E-state index in [4.69, 9.17) is 5.73 Å². The highest BCUT2D eigenvalue weighted by molar-refractivity contribution is 7.91. The molecule has 0 amide bonds. The number of rotatable bonds is 7. The molecule has 0 saturated heterocycles. The zero-order valence-corrected chi connectivity index (χ0v) is 13.8. The van der Waals surface area contributed by atoms with Gasteiger partial charge in [-0.15, -0.1) is 11.3 Å². The number of likely N-dealkylation sites (N-methyl/N-ethyl adjacent to an activating group) is 1. The maximum Gasteiger partial charge on any atom is 0.180 e. The first-order valence-electron chi connectivity index (χ1n) is 6.22. The molecule has 3 N–H and O–H groups in total. The van der Waals surface area contributed by atoms with Gasteiger partial charge in [-0.25, -0.2) is 8.42 Å². The van der Waals surface area contributed by atoms with E-state index in [-0.39, 0.29) is 16.4 Å². The Hall–Kier alpha value is -1.12. The molecule has 1 rings (SSSR count). The van der Waals surface area contributed by atoms with E-state index in [0.29, 0.717) is 22.8 Å². The van der Waals surface area contributed by atoms with Crippen LogP contribution in [0.3, 0.4) is 0 Å². The Balaban J connectivity index is 3.18. The molecule has 0 atom stereocenters. The summed E-state index contributed by atoms with van der Waals surface area (Å²) in [5.41, 5.74) is 5.92. The van der Waals surface area contributed by atoms with E-state index in [1.165, 1.54) is 0 Å². The lowest BCUT2D eigenvalue weighted by molar-refractivity contribution is 0.0992. The maximum atomic E-state index is 11.9. The average molecular weight is 319 g/mol. The van der Waals surface area contributed by atoms with E-state index in [0.717, 1.165) is 24.1 Å². The summed E-state index contributed by atoms with van der Waals surface area (Å²) in [6.45, 7) is 3.05. The van der Waals surface area contributed by atoms with Crippen LogP contribution < -0.4 is 11.1 Å². The van der Waals surface area contributed by atoms with Crippen LogP contribution in [-0.4, -0.2) is 52.5 Å². The minimum atomic E-state index is -3.48. The van der Waals surface area contributed by atoms with E-state index in [1.54, 1.807) is 6.92 Å². The molecule has 0 aromatic carbocycles. The molecule has 0 bridgehead atoms. The van der Waals surface area contributed by atoms with Crippen LogP contribution in [0.4, 0.5) is 10.7 Å². The van der Waals surface area contributed by atoms with E-state index in [2.05, 4.69) is 5.32 Å². The third kappa shape index (κ3) is 3.94. The highest BCUT2D eigenvalue weighted by atomic mass is 32.2. The minimum Gasteiger partial charge on any atom is -0.396 e. The Bertz CT molecular complexity index is 591. The number of thiophene rings is 1. The van der Waals surface area contributed by atoms with Crippen LogP contribution in [0, 0.1) is 0 Å². The summed E-state index contributed by atoms with van der Waals surface area (Å²) in [6.07, 6.45) is 1.40. The quantitative estimate of drug-likeness (QED) is 0.736. The molecule has 1 aromatic heterocycles. The number of hydrogen-bond donors (Lipinski definition) is 2. The van der Waals surface area contributed by atoms with Crippen LogP contribution >= 0.6 is 11.3 Å². The number of nitrogen functional groups attached to an aromatic ring is 1. The second-order valence-electron chi connectivity index (χ2n) is 4.78. The highest BCUT2D eigenvalue weighted by Gasteiger charge is 2.26. The van der Waals surface area contributed by atoms with Gasteiger partial charge in [0, 0.05) is 25.8 Å².